The third-order valence-electron chi connectivity index (χ3n) is 5.27. The number of aromatic amines is 1. The van der Waals surface area contributed by atoms with E-state index in [1.54, 1.807) is 12.4 Å². The second kappa shape index (κ2) is 7.21. The fourth-order valence-electron chi connectivity index (χ4n) is 3.78. The summed E-state index contributed by atoms with van der Waals surface area (Å²) < 4.78 is 5.80. The van der Waals surface area contributed by atoms with E-state index in [0.717, 1.165) is 48.3 Å². The predicted octanol–water partition coefficient (Wildman–Crippen LogP) is 3.48. The minimum Gasteiger partial charge on any atom is -0.378 e. The quantitative estimate of drug-likeness (QED) is 0.837. The minimum absolute atomic E-state index is 0.203. The van der Waals surface area contributed by atoms with Crippen LogP contribution < -0.4 is 10.4 Å². The Balaban J connectivity index is 1.41. The van der Waals surface area contributed by atoms with Crippen LogP contribution in [0.5, 0.6) is 0 Å². The van der Waals surface area contributed by atoms with Gasteiger partial charge in [-0.05, 0) is 37.7 Å². The van der Waals surface area contributed by atoms with Crippen molar-refractivity contribution in [2.45, 2.75) is 42.2 Å². The average molecular weight is 392 g/mol. The molecule has 1 atom stereocenters. The van der Waals surface area contributed by atoms with Gasteiger partial charge in [-0.2, -0.15) is 0 Å². The first-order valence-corrected chi connectivity index (χ1v) is 10.0. The van der Waals surface area contributed by atoms with Crippen LogP contribution in [0, 0.1) is 10.8 Å². The molecule has 2 fully saturated rings. The number of rotatable bonds is 3. The second-order valence-electron chi connectivity index (χ2n) is 7.16. The van der Waals surface area contributed by atoms with Crippen LogP contribution in [0.4, 0.5) is 5.82 Å². The Morgan fingerprint density at radius 3 is 2.81 bits per heavy atom. The molecule has 26 heavy (non-hydrogen) atoms. The molecule has 138 valence electrons. The van der Waals surface area contributed by atoms with E-state index < -0.39 is 0 Å². The number of ether oxygens (including phenoxy) is 1. The van der Waals surface area contributed by atoms with Crippen LogP contribution in [0.25, 0.3) is 0 Å². The molecule has 2 aromatic heterocycles. The van der Waals surface area contributed by atoms with E-state index in [1.807, 2.05) is 12.3 Å². The van der Waals surface area contributed by atoms with Gasteiger partial charge in [0.25, 0.3) is 0 Å². The van der Waals surface area contributed by atoms with Gasteiger partial charge in [0.15, 0.2) is 0 Å². The number of halogens is 1. The summed E-state index contributed by atoms with van der Waals surface area (Å²) in [5.74, 6) is 0.921. The maximum absolute atomic E-state index is 7.72. The van der Waals surface area contributed by atoms with E-state index in [9.17, 15) is 0 Å². The monoisotopic (exact) mass is 391 g/mol. The lowest BCUT2D eigenvalue weighted by atomic mass is 9.77. The highest BCUT2D eigenvalue weighted by Crippen LogP contribution is 2.42. The number of anilines is 1. The molecule has 2 saturated heterocycles. The summed E-state index contributed by atoms with van der Waals surface area (Å²) in [6, 6.07) is 1.84. The standard InChI is InChI=1S/C18H22ClN5OS/c1-12-8-18(11-25-12)3-6-24(7-4-18)14-9-23-15(10-22-14)26-13-2-5-21-17(20)16(13)19/h2,5,9-10,12H,3-4,6-8,11H2,1H3,(H2,20,21)/t12-/m0/s1. The largest absolute Gasteiger partial charge is 0.378 e. The lowest BCUT2D eigenvalue weighted by Gasteiger charge is -2.38. The fourth-order valence-corrected chi connectivity index (χ4v) is 4.78. The summed E-state index contributed by atoms with van der Waals surface area (Å²) in [6.07, 6.45) is 9.19. The zero-order valence-electron chi connectivity index (χ0n) is 14.7. The molecule has 1 spiro atoms. The summed E-state index contributed by atoms with van der Waals surface area (Å²) >= 11 is 7.58. The van der Waals surface area contributed by atoms with Crippen molar-refractivity contribution in [3.05, 3.63) is 35.2 Å². The molecule has 0 aliphatic carbocycles. The normalized spacial score (nSPS) is 22.1. The molecular formula is C18H22ClN5OS. The van der Waals surface area contributed by atoms with Gasteiger partial charge >= 0.3 is 0 Å². The number of nitrogens with one attached hydrogen (secondary N) is 2. The van der Waals surface area contributed by atoms with Gasteiger partial charge in [-0.1, -0.05) is 23.4 Å². The van der Waals surface area contributed by atoms with Crippen LogP contribution in [0.1, 0.15) is 26.2 Å². The van der Waals surface area contributed by atoms with Gasteiger partial charge in [-0.3, -0.25) is 5.41 Å². The third-order valence-corrected chi connectivity index (χ3v) is 6.75. The Kier molecular flexibility index (Phi) is 4.94. The first-order valence-electron chi connectivity index (χ1n) is 8.83. The maximum atomic E-state index is 7.72. The van der Waals surface area contributed by atoms with Crippen molar-refractivity contribution in [3.8, 4) is 0 Å². The first-order chi connectivity index (χ1) is 12.5. The Morgan fingerprint density at radius 2 is 2.15 bits per heavy atom. The van der Waals surface area contributed by atoms with E-state index in [1.165, 1.54) is 18.2 Å². The lowest BCUT2D eigenvalue weighted by molar-refractivity contribution is 0.0976. The van der Waals surface area contributed by atoms with Gasteiger partial charge in [0.05, 0.1) is 30.1 Å². The molecule has 4 rings (SSSR count). The number of piperidine rings is 1. The van der Waals surface area contributed by atoms with E-state index >= 15 is 0 Å². The van der Waals surface area contributed by atoms with Crippen molar-refractivity contribution in [2.24, 2.45) is 5.41 Å². The number of pyridine rings is 1. The van der Waals surface area contributed by atoms with Crippen molar-refractivity contribution in [3.63, 3.8) is 0 Å². The first kappa shape index (κ1) is 17.8. The molecule has 2 aromatic rings. The number of hydrogen-bond acceptors (Lipinski definition) is 6. The zero-order valence-corrected chi connectivity index (χ0v) is 16.2. The van der Waals surface area contributed by atoms with Crippen LogP contribution in [-0.2, 0) is 4.74 Å². The SMILES string of the molecule is C[C@H]1CC2(CCN(c3cnc(Sc4cc[nH]c(=N)c4Cl)cn3)CC2)CO1. The van der Waals surface area contributed by atoms with E-state index in [4.69, 9.17) is 21.7 Å². The van der Waals surface area contributed by atoms with Gasteiger partial charge in [0.1, 0.15) is 16.3 Å². The molecule has 0 saturated carbocycles. The van der Waals surface area contributed by atoms with Gasteiger partial charge in [-0.15, -0.1) is 0 Å². The molecule has 4 heterocycles. The summed E-state index contributed by atoms with van der Waals surface area (Å²) in [5.41, 5.74) is 0.572. The molecule has 8 heteroatoms. The maximum Gasteiger partial charge on any atom is 0.147 e. The van der Waals surface area contributed by atoms with Crippen molar-refractivity contribution in [1.82, 2.24) is 15.0 Å². The van der Waals surface area contributed by atoms with Gasteiger partial charge in [-0.25, -0.2) is 9.97 Å². The highest BCUT2D eigenvalue weighted by molar-refractivity contribution is 7.99. The van der Waals surface area contributed by atoms with Crippen LogP contribution >= 0.6 is 23.4 Å². The van der Waals surface area contributed by atoms with Crippen molar-refractivity contribution >= 4 is 29.2 Å². The lowest BCUT2D eigenvalue weighted by Crippen LogP contribution is -2.41. The topological polar surface area (TPSA) is 77.9 Å². The van der Waals surface area contributed by atoms with Gasteiger partial charge < -0.3 is 14.6 Å². The summed E-state index contributed by atoms with van der Waals surface area (Å²) in [5, 5.41) is 8.89. The van der Waals surface area contributed by atoms with Crippen molar-refractivity contribution in [2.75, 3.05) is 24.6 Å². The van der Waals surface area contributed by atoms with Crippen LogP contribution in [0.2, 0.25) is 5.02 Å². The Labute approximate surface area is 161 Å². The fraction of sp³-hybridized carbons (Fsp3) is 0.500. The summed E-state index contributed by atoms with van der Waals surface area (Å²) in [7, 11) is 0. The van der Waals surface area contributed by atoms with Gasteiger partial charge in [0.2, 0.25) is 0 Å². The molecule has 6 nitrogen and oxygen atoms in total. The number of nitrogens with zero attached hydrogens (tertiary/aromatic N) is 3. The number of H-pyrrole nitrogens is 1. The molecular weight excluding hydrogens is 370 g/mol. The smallest absolute Gasteiger partial charge is 0.147 e. The summed E-state index contributed by atoms with van der Waals surface area (Å²) in [6.45, 7) is 5.07. The molecule has 0 unspecified atom stereocenters. The Hall–Kier alpha value is -1.57. The van der Waals surface area contributed by atoms with Crippen molar-refractivity contribution in [1.29, 1.82) is 5.41 Å². The molecule has 0 bridgehead atoms. The molecule has 0 amide bonds. The van der Waals surface area contributed by atoms with Crippen LogP contribution in [0.3, 0.4) is 0 Å². The molecule has 0 aromatic carbocycles. The Bertz CT molecular complexity index is 832. The van der Waals surface area contributed by atoms with Crippen LogP contribution in [-0.4, -0.2) is 40.8 Å². The van der Waals surface area contributed by atoms with E-state index in [0.29, 0.717) is 16.5 Å². The van der Waals surface area contributed by atoms with E-state index in [-0.39, 0.29) is 5.49 Å². The third kappa shape index (κ3) is 3.61. The minimum atomic E-state index is 0.203. The molecule has 2 N–H and O–H groups in total. The van der Waals surface area contributed by atoms with Crippen LogP contribution in [0.15, 0.2) is 34.6 Å². The van der Waals surface area contributed by atoms with Crippen molar-refractivity contribution < 1.29 is 4.74 Å². The molecule has 2 aliphatic heterocycles. The number of aromatic nitrogens is 3. The summed E-state index contributed by atoms with van der Waals surface area (Å²) in [4.78, 5) is 15.0. The number of hydrogen-bond donors (Lipinski definition) is 2. The van der Waals surface area contributed by atoms with Gasteiger partial charge in [0, 0.05) is 24.2 Å². The highest BCUT2D eigenvalue weighted by atomic mass is 35.5. The van der Waals surface area contributed by atoms with E-state index in [2.05, 4.69) is 26.8 Å². The molecule has 0 radical (unpaired) electrons. The highest BCUT2D eigenvalue weighted by Gasteiger charge is 2.41. The average Bonchev–Trinajstić information content (AvgIpc) is 3.01. The molecule has 2 aliphatic rings. The second-order valence-corrected chi connectivity index (χ2v) is 8.60. The predicted molar refractivity (Wildman–Crippen MR) is 102 cm³/mol. The Morgan fingerprint density at radius 1 is 1.35 bits per heavy atom. The zero-order chi connectivity index (χ0) is 18.1.